The van der Waals surface area contributed by atoms with Crippen LogP contribution in [0.3, 0.4) is 0 Å². The average molecular weight is 535 g/mol. The Balaban J connectivity index is 1.35. The first-order valence-electron chi connectivity index (χ1n) is 13.1. The van der Waals surface area contributed by atoms with Gasteiger partial charge in [-0.25, -0.2) is 14.4 Å². The number of imidazole rings is 2. The Hall–Kier alpha value is -5.05. The van der Waals surface area contributed by atoms with Gasteiger partial charge in [-0.3, -0.25) is 9.78 Å². The maximum absolute atomic E-state index is 13.7. The number of fused-ring (bicyclic) bond motifs is 1. The second-order valence-electron chi connectivity index (χ2n) is 9.51. The van der Waals surface area contributed by atoms with Crippen molar-refractivity contribution >= 4 is 16.9 Å². The van der Waals surface area contributed by atoms with E-state index < -0.39 is 11.9 Å². The van der Waals surface area contributed by atoms with E-state index in [1.54, 1.807) is 24.8 Å². The monoisotopic (exact) mass is 534 g/mol. The molecule has 0 aliphatic heterocycles. The molecule has 0 spiro atoms. The van der Waals surface area contributed by atoms with E-state index in [1.807, 2.05) is 47.3 Å². The molecule has 9 heteroatoms. The van der Waals surface area contributed by atoms with Gasteiger partial charge in [0.25, 0.3) is 5.91 Å². The lowest BCUT2D eigenvalue weighted by molar-refractivity contribution is 0.0908. The second kappa shape index (κ2) is 11.0. The van der Waals surface area contributed by atoms with Crippen LogP contribution in [0.5, 0.6) is 0 Å². The lowest BCUT2D eigenvalue weighted by atomic mass is 10.1. The van der Waals surface area contributed by atoms with E-state index in [0.29, 0.717) is 23.9 Å². The maximum atomic E-state index is 13.7. The van der Waals surface area contributed by atoms with E-state index >= 15 is 0 Å². The van der Waals surface area contributed by atoms with Crippen LogP contribution in [0.4, 0.5) is 4.39 Å². The molecule has 0 fully saturated rings. The van der Waals surface area contributed by atoms with Crippen molar-refractivity contribution in [3.63, 3.8) is 0 Å². The Morgan fingerprint density at radius 1 is 1.05 bits per heavy atom. The summed E-state index contributed by atoms with van der Waals surface area (Å²) in [5, 5.41) is 3.63. The first kappa shape index (κ1) is 25.2. The zero-order valence-electron chi connectivity index (χ0n) is 21.9. The summed E-state index contributed by atoms with van der Waals surface area (Å²) in [6.45, 7) is 2.82. The summed E-state index contributed by atoms with van der Waals surface area (Å²) in [6, 6.07) is 19.1. The number of nitrogens with zero attached hydrogens (tertiary/aromatic N) is 5. The van der Waals surface area contributed by atoms with Crippen LogP contribution in [-0.2, 0) is 13.0 Å². The number of halogens is 1. The molecular formula is C31H27FN6O2. The van der Waals surface area contributed by atoms with Crippen LogP contribution in [0.2, 0.25) is 0 Å². The summed E-state index contributed by atoms with van der Waals surface area (Å²) < 4.78 is 23.5. The van der Waals surface area contributed by atoms with Crippen LogP contribution in [0, 0.1) is 5.82 Å². The summed E-state index contributed by atoms with van der Waals surface area (Å²) >= 11 is 0. The van der Waals surface area contributed by atoms with Gasteiger partial charge in [-0.15, -0.1) is 0 Å². The largest absolute Gasteiger partial charge is 0.451 e. The Kier molecular flexibility index (Phi) is 6.93. The third kappa shape index (κ3) is 5.13. The fraction of sp³-hybridized carbons (Fsp3) is 0.161. The first-order chi connectivity index (χ1) is 19.6. The molecule has 1 unspecified atom stereocenters. The Morgan fingerprint density at radius 2 is 1.93 bits per heavy atom. The number of hydrogen-bond acceptors (Lipinski definition) is 5. The normalized spacial score (nSPS) is 12.1. The first-order valence-corrected chi connectivity index (χ1v) is 13.1. The molecule has 6 rings (SSSR count). The van der Waals surface area contributed by atoms with Crippen LogP contribution in [0.15, 0.2) is 102 Å². The number of furan rings is 1. The van der Waals surface area contributed by atoms with E-state index in [9.17, 15) is 9.18 Å². The highest BCUT2D eigenvalue weighted by molar-refractivity contribution is 5.96. The summed E-state index contributed by atoms with van der Waals surface area (Å²) in [6.07, 6.45) is 10.3. The summed E-state index contributed by atoms with van der Waals surface area (Å²) in [5.41, 5.74) is 4.24. The van der Waals surface area contributed by atoms with E-state index in [-0.39, 0.29) is 11.6 Å². The van der Waals surface area contributed by atoms with Gasteiger partial charge < -0.3 is 18.9 Å². The highest BCUT2D eigenvalue weighted by atomic mass is 19.1. The van der Waals surface area contributed by atoms with Gasteiger partial charge in [-0.1, -0.05) is 25.1 Å². The fourth-order valence-electron chi connectivity index (χ4n) is 4.86. The smallest absolute Gasteiger partial charge is 0.287 e. The van der Waals surface area contributed by atoms with Crippen molar-refractivity contribution in [3.05, 3.63) is 121 Å². The van der Waals surface area contributed by atoms with Crippen molar-refractivity contribution in [2.45, 2.75) is 32.4 Å². The molecule has 200 valence electrons. The second-order valence-corrected chi connectivity index (χ2v) is 9.51. The number of carbonyl (C=O) groups excluding carboxylic acids is 1. The summed E-state index contributed by atoms with van der Waals surface area (Å²) in [4.78, 5) is 26.8. The lowest BCUT2D eigenvalue weighted by Gasteiger charge is -2.20. The zero-order chi connectivity index (χ0) is 27.5. The minimum absolute atomic E-state index is 0.107. The third-order valence-corrected chi connectivity index (χ3v) is 6.76. The Bertz CT molecular complexity index is 1740. The fourth-order valence-corrected chi connectivity index (χ4v) is 4.86. The molecule has 1 N–H and O–H groups in total. The number of carbonyl (C=O) groups is 1. The molecule has 0 bridgehead atoms. The molecule has 4 aromatic heterocycles. The van der Waals surface area contributed by atoms with Crippen molar-refractivity contribution in [1.82, 2.24) is 29.4 Å². The number of hydrogen-bond donors (Lipinski definition) is 1. The number of pyridine rings is 1. The lowest BCUT2D eigenvalue weighted by Crippen LogP contribution is -2.32. The van der Waals surface area contributed by atoms with Gasteiger partial charge in [0.15, 0.2) is 5.76 Å². The number of benzene rings is 2. The zero-order valence-corrected chi connectivity index (χ0v) is 21.9. The number of amides is 1. The molecule has 1 atom stereocenters. The van der Waals surface area contributed by atoms with Gasteiger partial charge in [0.05, 0.1) is 24.3 Å². The van der Waals surface area contributed by atoms with Crippen molar-refractivity contribution in [3.8, 4) is 16.9 Å². The quantitative estimate of drug-likeness (QED) is 0.241. The highest BCUT2D eigenvalue weighted by Crippen LogP contribution is 2.28. The SMILES string of the molecule is CCCn1c(-c2ccc(-n3ccnc3)cc2)cnc1C(Cc1ccccn1)NC(=O)c1cc2cc(F)ccc2o1. The van der Waals surface area contributed by atoms with Gasteiger partial charge in [0.2, 0.25) is 0 Å². The maximum Gasteiger partial charge on any atom is 0.287 e. The van der Waals surface area contributed by atoms with Crippen molar-refractivity contribution in [1.29, 1.82) is 0 Å². The van der Waals surface area contributed by atoms with Crippen LogP contribution < -0.4 is 5.32 Å². The predicted octanol–water partition coefficient (Wildman–Crippen LogP) is 6.14. The van der Waals surface area contributed by atoms with Crippen molar-refractivity contribution in [2.24, 2.45) is 0 Å². The molecule has 0 aliphatic carbocycles. The van der Waals surface area contributed by atoms with Gasteiger partial charge in [-0.2, -0.15) is 0 Å². The summed E-state index contributed by atoms with van der Waals surface area (Å²) in [5.74, 6) is 0.0301. The van der Waals surface area contributed by atoms with E-state index in [0.717, 1.165) is 34.9 Å². The molecule has 2 aromatic carbocycles. The third-order valence-electron chi connectivity index (χ3n) is 6.76. The standard InChI is InChI=1S/C31H27FN6O2/c1-2-14-38-27(21-6-9-25(10-7-21)37-15-13-33-20-37)19-35-30(38)26(18-24-5-3-4-12-34-24)36-31(39)29-17-22-16-23(32)8-11-28(22)40-29/h3-13,15-17,19-20,26H,2,14,18H2,1H3,(H,36,39). The molecule has 0 saturated heterocycles. The predicted molar refractivity (Wildman–Crippen MR) is 149 cm³/mol. The van der Waals surface area contributed by atoms with E-state index in [4.69, 9.17) is 9.40 Å². The van der Waals surface area contributed by atoms with Crippen LogP contribution in [0.25, 0.3) is 27.9 Å². The number of nitrogens with one attached hydrogen (secondary N) is 1. The minimum Gasteiger partial charge on any atom is -0.451 e. The van der Waals surface area contributed by atoms with Crippen LogP contribution in [0.1, 0.15) is 41.5 Å². The molecule has 1 amide bonds. The molecule has 40 heavy (non-hydrogen) atoms. The molecular weight excluding hydrogens is 507 g/mol. The van der Waals surface area contributed by atoms with Crippen molar-refractivity contribution in [2.75, 3.05) is 0 Å². The topological polar surface area (TPSA) is 90.8 Å². The van der Waals surface area contributed by atoms with Gasteiger partial charge >= 0.3 is 0 Å². The Labute approximate surface area is 230 Å². The van der Waals surface area contributed by atoms with E-state index in [2.05, 4.69) is 38.9 Å². The average Bonchev–Trinajstić information content (AvgIpc) is 3.74. The molecule has 8 nitrogen and oxygen atoms in total. The molecule has 4 heterocycles. The molecule has 0 radical (unpaired) electrons. The van der Waals surface area contributed by atoms with Gasteiger partial charge in [0, 0.05) is 48.3 Å². The number of aromatic nitrogens is 5. The molecule has 0 aliphatic rings. The van der Waals surface area contributed by atoms with E-state index in [1.165, 1.54) is 18.2 Å². The molecule has 0 saturated carbocycles. The molecule has 6 aromatic rings. The van der Waals surface area contributed by atoms with Gasteiger partial charge in [0.1, 0.15) is 17.2 Å². The van der Waals surface area contributed by atoms with Crippen molar-refractivity contribution < 1.29 is 13.6 Å². The number of rotatable bonds is 9. The minimum atomic E-state index is -0.488. The van der Waals surface area contributed by atoms with Crippen LogP contribution >= 0.6 is 0 Å². The Morgan fingerprint density at radius 3 is 2.67 bits per heavy atom. The summed E-state index contributed by atoms with van der Waals surface area (Å²) in [7, 11) is 0. The van der Waals surface area contributed by atoms with Gasteiger partial charge in [-0.05, 0) is 60.5 Å². The highest BCUT2D eigenvalue weighted by Gasteiger charge is 2.25. The van der Waals surface area contributed by atoms with Crippen LogP contribution in [-0.4, -0.2) is 30.0 Å².